The van der Waals surface area contributed by atoms with E-state index in [4.69, 9.17) is 18.9 Å². The standard InChI is InChI=1S/C27H39N5O8.C2H4S.C2H6/c1-28-22-17-23(30-25(18-22)27(35)36)20-32-7-11-39-15-13-37-9-5-31(6-10-38-14-16-40-12-8-32)19-21-3-2-4-24(29-21)26(33)34;1-2-3;1-2/h2-4,17-18H,5-16,19-20H2,1H3,(H,28,30)(H,33,34)(H,35,36);2H,1H3;1-2H3. The molecule has 1 fully saturated rings. The number of hydrogen-bond donors (Lipinski definition) is 3. The number of carboxylic acid groups (broad SMARTS) is 2. The summed E-state index contributed by atoms with van der Waals surface area (Å²) in [5.74, 6) is -2.12. The Bertz CT molecular complexity index is 1110. The van der Waals surface area contributed by atoms with Gasteiger partial charge in [-0.05, 0) is 36.6 Å². The summed E-state index contributed by atoms with van der Waals surface area (Å²) in [6.07, 6.45) is 0. The molecule has 0 aliphatic carbocycles. The zero-order valence-corrected chi connectivity index (χ0v) is 27.7. The molecule has 0 unspecified atom stereocenters. The highest BCUT2D eigenvalue weighted by Crippen LogP contribution is 2.13. The molecule has 0 saturated carbocycles. The van der Waals surface area contributed by atoms with Crippen LogP contribution in [0.1, 0.15) is 53.1 Å². The minimum Gasteiger partial charge on any atom is -0.477 e. The van der Waals surface area contributed by atoms with Crippen LogP contribution in [0.2, 0.25) is 0 Å². The van der Waals surface area contributed by atoms with Crippen molar-refractivity contribution >= 4 is 35.2 Å². The van der Waals surface area contributed by atoms with Crippen LogP contribution in [0.25, 0.3) is 0 Å². The average Bonchev–Trinajstić information content (AvgIpc) is 3.04. The van der Waals surface area contributed by atoms with Crippen LogP contribution in [0.5, 0.6) is 0 Å². The third kappa shape index (κ3) is 17.8. The molecular weight excluding hydrogens is 602 g/mol. The summed E-state index contributed by atoms with van der Waals surface area (Å²) >= 11 is 4.27. The fraction of sp³-hybridized carbons (Fsp3) is 0.581. The Labute approximate surface area is 271 Å². The number of carboxylic acids is 2. The third-order valence-electron chi connectivity index (χ3n) is 6.13. The van der Waals surface area contributed by atoms with Crippen molar-refractivity contribution in [2.75, 3.05) is 91.4 Å². The van der Waals surface area contributed by atoms with Gasteiger partial charge in [0.05, 0.1) is 64.2 Å². The minimum absolute atomic E-state index is 0.00588. The first-order chi connectivity index (χ1) is 21.9. The first-order valence-corrected chi connectivity index (χ1v) is 15.6. The van der Waals surface area contributed by atoms with Crippen molar-refractivity contribution in [3.05, 3.63) is 53.1 Å². The molecule has 3 rings (SSSR count). The number of nitrogens with one attached hydrogen (secondary N) is 1. The number of nitrogens with zero attached hydrogens (tertiary/aromatic N) is 4. The van der Waals surface area contributed by atoms with E-state index in [2.05, 4.69) is 37.3 Å². The van der Waals surface area contributed by atoms with Crippen LogP contribution < -0.4 is 5.32 Å². The van der Waals surface area contributed by atoms with Gasteiger partial charge in [-0.2, -0.15) is 0 Å². The number of carbonyl (C=O) groups is 2. The van der Waals surface area contributed by atoms with Crippen LogP contribution in [-0.4, -0.2) is 133 Å². The second-order valence-electron chi connectivity index (χ2n) is 9.34. The van der Waals surface area contributed by atoms with Gasteiger partial charge in [-0.25, -0.2) is 19.6 Å². The van der Waals surface area contributed by atoms with Gasteiger partial charge in [0.2, 0.25) is 0 Å². The molecule has 45 heavy (non-hydrogen) atoms. The van der Waals surface area contributed by atoms with E-state index in [9.17, 15) is 19.8 Å². The van der Waals surface area contributed by atoms with Crippen molar-refractivity contribution in [1.82, 2.24) is 19.8 Å². The number of aromatic carboxylic acids is 2. The third-order valence-corrected chi connectivity index (χ3v) is 6.13. The number of aromatic nitrogens is 2. The highest BCUT2D eigenvalue weighted by atomic mass is 32.1. The van der Waals surface area contributed by atoms with Gasteiger partial charge in [0.15, 0.2) is 5.69 Å². The molecule has 0 radical (unpaired) electrons. The van der Waals surface area contributed by atoms with Crippen LogP contribution in [0.15, 0.2) is 30.3 Å². The van der Waals surface area contributed by atoms with Crippen LogP contribution in [-0.2, 0) is 32.0 Å². The maximum Gasteiger partial charge on any atom is 0.354 e. The summed E-state index contributed by atoms with van der Waals surface area (Å²) in [6, 6.07) is 8.32. The van der Waals surface area contributed by atoms with Crippen molar-refractivity contribution in [3.63, 3.8) is 0 Å². The molecule has 3 heterocycles. The fourth-order valence-corrected chi connectivity index (χ4v) is 4.03. The summed E-state index contributed by atoms with van der Waals surface area (Å²) < 4.78 is 23.1. The highest BCUT2D eigenvalue weighted by Gasteiger charge is 2.14. The first kappa shape index (κ1) is 39.9. The van der Waals surface area contributed by atoms with Gasteiger partial charge >= 0.3 is 11.9 Å². The van der Waals surface area contributed by atoms with Gasteiger partial charge in [0.25, 0.3) is 0 Å². The van der Waals surface area contributed by atoms with Crippen LogP contribution in [0, 0.1) is 0 Å². The number of anilines is 1. The number of hydrogen-bond acceptors (Lipinski definition) is 12. The lowest BCUT2D eigenvalue weighted by Gasteiger charge is -2.23. The normalized spacial score (nSPS) is 16.4. The van der Waals surface area contributed by atoms with E-state index in [0.29, 0.717) is 109 Å². The maximum atomic E-state index is 11.5. The lowest BCUT2D eigenvalue weighted by molar-refractivity contribution is 0.00597. The molecule has 2 aromatic rings. The topological polar surface area (TPSA) is 156 Å². The molecule has 0 atom stereocenters. The van der Waals surface area contributed by atoms with E-state index < -0.39 is 11.9 Å². The maximum absolute atomic E-state index is 11.5. The SMILES string of the molecule is CC.CC=S.CNc1cc(CN2CCOCCOCCN(Cc3cccc(C(=O)O)n3)CCOCCOCC2)nc(C(=O)O)c1. The molecule has 0 spiro atoms. The highest BCUT2D eigenvalue weighted by molar-refractivity contribution is 7.78. The van der Waals surface area contributed by atoms with Crippen molar-refractivity contribution in [3.8, 4) is 0 Å². The molecule has 0 bridgehead atoms. The first-order valence-electron chi connectivity index (χ1n) is 15.1. The second-order valence-corrected chi connectivity index (χ2v) is 9.82. The van der Waals surface area contributed by atoms with E-state index in [1.54, 1.807) is 18.5 Å². The monoisotopic (exact) mass is 651 g/mol. The Morgan fingerprint density at radius 1 is 0.778 bits per heavy atom. The van der Waals surface area contributed by atoms with Gasteiger partial charge in [0.1, 0.15) is 5.69 Å². The molecule has 252 valence electrons. The zero-order valence-electron chi connectivity index (χ0n) is 26.9. The van der Waals surface area contributed by atoms with E-state index in [1.165, 1.54) is 12.1 Å². The largest absolute Gasteiger partial charge is 0.477 e. The molecule has 3 N–H and O–H groups in total. The molecule has 14 heteroatoms. The summed E-state index contributed by atoms with van der Waals surface area (Å²) in [5, 5.41) is 23.2. The van der Waals surface area contributed by atoms with E-state index in [-0.39, 0.29) is 11.4 Å². The van der Waals surface area contributed by atoms with Crippen LogP contribution in [0.4, 0.5) is 5.69 Å². The smallest absolute Gasteiger partial charge is 0.354 e. The quantitative estimate of drug-likeness (QED) is 0.375. The van der Waals surface area contributed by atoms with E-state index >= 15 is 0 Å². The molecule has 13 nitrogen and oxygen atoms in total. The van der Waals surface area contributed by atoms with E-state index in [0.717, 1.165) is 0 Å². The lowest BCUT2D eigenvalue weighted by Crippen LogP contribution is -2.33. The number of thiocarbonyl (C=S) groups is 1. The van der Waals surface area contributed by atoms with Gasteiger partial charge in [-0.3, -0.25) is 9.80 Å². The number of rotatable bonds is 7. The Kier molecular flexibility index (Phi) is 22.3. The molecule has 1 aliphatic heterocycles. The molecule has 0 amide bonds. The molecule has 1 aliphatic rings. The van der Waals surface area contributed by atoms with Crippen molar-refractivity contribution in [2.24, 2.45) is 0 Å². The number of pyridine rings is 2. The summed E-state index contributed by atoms with van der Waals surface area (Å²) in [6.45, 7) is 12.9. The van der Waals surface area contributed by atoms with Crippen molar-refractivity contribution < 1.29 is 38.7 Å². The molecular formula is C31H49N5O8S. The Morgan fingerprint density at radius 3 is 1.62 bits per heavy atom. The van der Waals surface area contributed by atoms with Crippen molar-refractivity contribution in [1.29, 1.82) is 0 Å². The summed E-state index contributed by atoms with van der Waals surface area (Å²) in [5.41, 5.74) is 2.02. The molecule has 0 aromatic carbocycles. The van der Waals surface area contributed by atoms with Gasteiger partial charge < -0.3 is 34.5 Å². The second kappa shape index (κ2) is 25.1. The van der Waals surface area contributed by atoms with Gasteiger partial charge in [-0.15, -0.1) is 0 Å². The average molecular weight is 652 g/mol. The summed E-state index contributed by atoms with van der Waals surface area (Å²) in [7, 11) is 1.74. The van der Waals surface area contributed by atoms with Crippen molar-refractivity contribution in [2.45, 2.75) is 33.9 Å². The Hall–Kier alpha value is -3.11. The van der Waals surface area contributed by atoms with Gasteiger partial charge in [0, 0.05) is 52.0 Å². The Morgan fingerprint density at radius 2 is 1.20 bits per heavy atom. The fourth-order valence-electron chi connectivity index (χ4n) is 4.03. The zero-order chi connectivity index (χ0) is 33.3. The Balaban J connectivity index is 0.00000191. The van der Waals surface area contributed by atoms with E-state index in [1.807, 2.05) is 32.9 Å². The van der Waals surface area contributed by atoms with Crippen LogP contribution in [0.3, 0.4) is 0 Å². The predicted octanol–water partition coefficient (Wildman–Crippen LogP) is 3.33. The van der Waals surface area contributed by atoms with Gasteiger partial charge in [-0.1, -0.05) is 32.1 Å². The number of ether oxygens (including phenoxy) is 4. The lowest BCUT2D eigenvalue weighted by atomic mass is 10.2. The molecule has 1 saturated heterocycles. The van der Waals surface area contributed by atoms with Crippen LogP contribution >= 0.6 is 12.2 Å². The summed E-state index contributed by atoms with van der Waals surface area (Å²) in [4.78, 5) is 35.4. The predicted molar refractivity (Wildman–Crippen MR) is 176 cm³/mol. The minimum atomic E-state index is -1.07. The molecule has 2 aromatic heterocycles.